The molecule has 0 bridgehead atoms. The first-order chi connectivity index (χ1) is 9.29. The molecule has 0 atom stereocenters. The van der Waals surface area contributed by atoms with Crippen molar-refractivity contribution in [2.75, 3.05) is 0 Å². The third-order valence-electron chi connectivity index (χ3n) is 3.19. The second-order valence-corrected chi connectivity index (χ2v) is 5.78. The first-order valence-electron chi connectivity index (χ1n) is 6.39. The van der Waals surface area contributed by atoms with Crippen molar-refractivity contribution in [1.82, 2.24) is 0 Å². The van der Waals surface area contributed by atoms with Gasteiger partial charge in [-0.3, -0.25) is 4.79 Å². The molecule has 0 fully saturated rings. The standard InChI is InChI=1S/C17H16F2O/c1-17(2,3)12-6-4-11(5-7-12)16(20)14-9-8-13(18)10-15(14)19/h4-10H,1-3H3. The van der Waals surface area contributed by atoms with Crippen LogP contribution in [0.4, 0.5) is 8.78 Å². The molecule has 0 saturated carbocycles. The van der Waals surface area contributed by atoms with Gasteiger partial charge in [0.05, 0.1) is 5.56 Å². The highest BCUT2D eigenvalue weighted by Crippen LogP contribution is 2.23. The van der Waals surface area contributed by atoms with Crippen LogP contribution in [0.2, 0.25) is 0 Å². The van der Waals surface area contributed by atoms with Gasteiger partial charge in [-0.1, -0.05) is 45.0 Å². The van der Waals surface area contributed by atoms with Gasteiger partial charge in [0, 0.05) is 11.6 Å². The Hall–Kier alpha value is -2.03. The topological polar surface area (TPSA) is 17.1 Å². The fraction of sp³-hybridized carbons (Fsp3) is 0.235. The molecule has 0 N–H and O–H groups in total. The highest BCUT2D eigenvalue weighted by atomic mass is 19.1. The maximum Gasteiger partial charge on any atom is 0.195 e. The minimum absolute atomic E-state index is 0.0112. The maximum atomic E-state index is 13.6. The maximum absolute atomic E-state index is 13.6. The van der Waals surface area contributed by atoms with E-state index in [2.05, 4.69) is 20.8 Å². The van der Waals surface area contributed by atoms with Gasteiger partial charge in [-0.2, -0.15) is 0 Å². The van der Waals surface area contributed by atoms with Crippen LogP contribution in [-0.2, 0) is 5.41 Å². The van der Waals surface area contributed by atoms with Crippen molar-refractivity contribution in [1.29, 1.82) is 0 Å². The van der Waals surface area contributed by atoms with Crippen molar-refractivity contribution < 1.29 is 13.6 Å². The van der Waals surface area contributed by atoms with Crippen LogP contribution in [0.15, 0.2) is 42.5 Å². The zero-order valence-corrected chi connectivity index (χ0v) is 11.7. The molecule has 0 spiro atoms. The van der Waals surface area contributed by atoms with E-state index >= 15 is 0 Å². The summed E-state index contributed by atoms with van der Waals surface area (Å²) in [5.41, 5.74) is 1.36. The molecule has 1 nitrogen and oxygen atoms in total. The van der Waals surface area contributed by atoms with Gasteiger partial charge in [-0.05, 0) is 23.1 Å². The molecule has 0 aliphatic carbocycles. The molecule has 0 heterocycles. The van der Waals surface area contributed by atoms with Crippen LogP contribution < -0.4 is 0 Å². The number of benzene rings is 2. The van der Waals surface area contributed by atoms with E-state index in [1.807, 2.05) is 12.1 Å². The monoisotopic (exact) mass is 274 g/mol. The summed E-state index contributed by atoms with van der Waals surface area (Å²) in [4.78, 5) is 12.2. The summed E-state index contributed by atoms with van der Waals surface area (Å²) >= 11 is 0. The smallest absolute Gasteiger partial charge is 0.195 e. The lowest BCUT2D eigenvalue weighted by Crippen LogP contribution is -2.11. The third-order valence-corrected chi connectivity index (χ3v) is 3.19. The van der Waals surface area contributed by atoms with E-state index < -0.39 is 17.4 Å². The summed E-state index contributed by atoms with van der Waals surface area (Å²) in [6.45, 7) is 6.22. The van der Waals surface area contributed by atoms with Crippen LogP contribution in [0, 0.1) is 11.6 Å². The average molecular weight is 274 g/mol. The number of hydrogen-bond donors (Lipinski definition) is 0. The zero-order valence-electron chi connectivity index (χ0n) is 11.7. The Morgan fingerprint density at radius 2 is 1.55 bits per heavy atom. The highest BCUT2D eigenvalue weighted by molar-refractivity contribution is 6.09. The van der Waals surface area contributed by atoms with Gasteiger partial charge < -0.3 is 0 Å². The van der Waals surface area contributed by atoms with Gasteiger partial charge in [-0.15, -0.1) is 0 Å². The van der Waals surface area contributed by atoms with Gasteiger partial charge in [0.25, 0.3) is 0 Å². The molecule has 2 aromatic rings. The third kappa shape index (κ3) is 2.93. The highest BCUT2D eigenvalue weighted by Gasteiger charge is 2.17. The Morgan fingerprint density at radius 1 is 0.950 bits per heavy atom. The predicted octanol–water partition coefficient (Wildman–Crippen LogP) is 4.49. The van der Waals surface area contributed by atoms with Gasteiger partial charge in [0.15, 0.2) is 5.78 Å². The lowest BCUT2D eigenvalue weighted by Gasteiger charge is -2.19. The predicted molar refractivity (Wildman–Crippen MR) is 74.9 cm³/mol. The van der Waals surface area contributed by atoms with Crippen molar-refractivity contribution in [3.63, 3.8) is 0 Å². The van der Waals surface area contributed by atoms with Crippen molar-refractivity contribution in [3.05, 3.63) is 70.8 Å². The number of halogens is 2. The summed E-state index contributed by atoms with van der Waals surface area (Å²) in [6, 6.07) is 10.0. The Labute approximate surface area is 117 Å². The lowest BCUT2D eigenvalue weighted by atomic mass is 9.86. The molecule has 20 heavy (non-hydrogen) atoms. The average Bonchev–Trinajstić information content (AvgIpc) is 2.37. The van der Waals surface area contributed by atoms with Gasteiger partial charge in [0.1, 0.15) is 11.6 Å². The molecule has 2 rings (SSSR count). The van der Waals surface area contributed by atoms with Crippen molar-refractivity contribution >= 4 is 5.78 Å². The molecule has 0 aromatic heterocycles. The molecule has 3 heteroatoms. The first kappa shape index (κ1) is 14.4. The first-order valence-corrected chi connectivity index (χ1v) is 6.39. The van der Waals surface area contributed by atoms with Crippen molar-refractivity contribution in [3.8, 4) is 0 Å². The quantitative estimate of drug-likeness (QED) is 0.737. The number of ketones is 1. The molecule has 104 valence electrons. The minimum Gasteiger partial charge on any atom is -0.288 e. The number of carbonyl (C=O) groups excluding carboxylic acids is 1. The van der Waals surface area contributed by atoms with E-state index in [1.54, 1.807) is 12.1 Å². The van der Waals surface area contributed by atoms with E-state index in [9.17, 15) is 13.6 Å². The largest absolute Gasteiger partial charge is 0.288 e. The van der Waals surface area contributed by atoms with E-state index in [-0.39, 0.29) is 11.0 Å². The molecular formula is C17H16F2O. The normalized spacial score (nSPS) is 11.4. The van der Waals surface area contributed by atoms with Gasteiger partial charge in [0.2, 0.25) is 0 Å². The molecule has 0 aliphatic rings. The number of rotatable bonds is 2. The molecule has 0 saturated heterocycles. The molecule has 0 aliphatic heterocycles. The zero-order chi connectivity index (χ0) is 14.9. The molecule has 0 unspecified atom stereocenters. The van der Waals surface area contributed by atoms with Crippen LogP contribution in [0.5, 0.6) is 0 Å². The van der Waals surface area contributed by atoms with Crippen LogP contribution in [0.25, 0.3) is 0 Å². The van der Waals surface area contributed by atoms with Crippen LogP contribution in [-0.4, -0.2) is 5.78 Å². The van der Waals surface area contributed by atoms with E-state index in [0.717, 1.165) is 17.7 Å². The van der Waals surface area contributed by atoms with E-state index in [0.29, 0.717) is 5.56 Å². The van der Waals surface area contributed by atoms with Gasteiger partial charge in [-0.25, -0.2) is 8.78 Å². The Balaban J connectivity index is 2.34. The Bertz CT molecular complexity index is 637. The summed E-state index contributed by atoms with van der Waals surface area (Å²) in [6.07, 6.45) is 0. The molecule has 2 aromatic carbocycles. The summed E-state index contributed by atoms with van der Waals surface area (Å²) in [5, 5.41) is 0. The Morgan fingerprint density at radius 3 is 2.05 bits per heavy atom. The van der Waals surface area contributed by atoms with Crippen LogP contribution in [0.3, 0.4) is 0 Å². The minimum atomic E-state index is -0.838. The van der Waals surface area contributed by atoms with Crippen molar-refractivity contribution in [2.45, 2.75) is 26.2 Å². The van der Waals surface area contributed by atoms with E-state index in [4.69, 9.17) is 0 Å². The summed E-state index contributed by atoms with van der Waals surface area (Å²) in [5.74, 6) is -1.97. The van der Waals surface area contributed by atoms with Gasteiger partial charge >= 0.3 is 0 Å². The number of hydrogen-bond acceptors (Lipinski definition) is 1. The summed E-state index contributed by atoms with van der Waals surface area (Å²) in [7, 11) is 0. The molecule has 0 amide bonds. The SMILES string of the molecule is CC(C)(C)c1ccc(C(=O)c2ccc(F)cc2F)cc1. The van der Waals surface area contributed by atoms with Crippen LogP contribution in [0.1, 0.15) is 42.3 Å². The van der Waals surface area contributed by atoms with Crippen LogP contribution >= 0.6 is 0 Å². The second kappa shape index (κ2) is 5.16. The Kier molecular flexibility index (Phi) is 3.71. The second-order valence-electron chi connectivity index (χ2n) is 5.78. The van der Waals surface area contributed by atoms with E-state index in [1.165, 1.54) is 6.07 Å². The van der Waals surface area contributed by atoms with Crippen molar-refractivity contribution in [2.24, 2.45) is 0 Å². The number of carbonyl (C=O) groups is 1. The fourth-order valence-electron chi connectivity index (χ4n) is 1.95. The lowest BCUT2D eigenvalue weighted by molar-refractivity contribution is 0.103. The summed E-state index contributed by atoms with van der Waals surface area (Å²) < 4.78 is 26.4. The molecule has 0 radical (unpaired) electrons. The molecular weight excluding hydrogens is 258 g/mol. The fourth-order valence-corrected chi connectivity index (χ4v) is 1.95.